The molecule has 1 aliphatic carbocycles. The van der Waals surface area contributed by atoms with E-state index in [0.717, 1.165) is 44.7 Å². The van der Waals surface area contributed by atoms with Crippen molar-refractivity contribution in [2.24, 2.45) is 5.92 Å². The van der Waals surface area contributed by atoms with E-state index in [2.05, 4.69) is 76.2 Å². The second-order valence-corrected chi connectivity index (χ2v) is 8.29. The van der Waals surface area contributed by atoms with Crippen molar-refractivity contribution in [1.29, 1.82) is 0 Å². The number of aliphatic hydroxyl groups is 1. The topological polar surface area (TPSA) is 41.3 Å². The van der Waals surface area contributed by atoms with Crippen molar-refractivity contribution in [2.45, 2.75) is 45.5 Å². The molecular formula is C24H27N3O. The molecule has 1 atom stereocenters. The number of benzene rings is 2. The van der Waals surface area contributed by atoms with Crippen LogP contribution in [0.15, 0.2) is 54.6 Å². The van der Waals surface area contributed by atoms with Gasteiger partial charge in [0, 0.05) is 19.6 Å². The molecule has 1 aromatic heterocycles. The van der Waals surface area contributed by atoms with Crippen LogP contribution >= 0.6 is 0 Å². The zero-order chi connectivity index (χ0) is 19.1. The van der Waals surface area contributed by atoms with Crippen LogP contribution in [0.1, 0.15) is 41.5 Å². The highest BCUT2D eigenvalue weighted by molar-refractivity contribution is 5.67. The van der Waals surface area contributed by atoms with Gasteiger partial charge >= 0.3 is 0 Å². The van der Waals surface area contributed by atoms with Crippen LogP contribution in [0.3, 0.4) is 0 Å². The molecule has 2 aromatic carbocycles. The van der Waals surface area contributed by atoms with E-state index in [9.17, 15) is 5.11 Å². The van der Waals surface area contributed by atoms with Crippen molar-refractivity contribution in [2.75, 3.05) is 6.54 Å². The van der Waals surface area contributed by atoms with Crippen molar-refractivity contribution >= 4 is 0 Å². The van der Waals surface area contributed by atoms with Crippen molar-refractivity contribution in [3.05, 3.63) is 77.1 Å². The van der Waals surface area contributed by atoms with Crippen LogP contribution in [0.4, 0.5) is 0 Å². The summed E-state index contributed by atoms with van der Waals surface area (Å²) < 4.78 is 2.08. The second kappa shape index (κ2) is 7.19. The van der Waals surface area contributed by atoms with Gasteiger partial charge in [0.05, 0.1) is 17.9 Å². The fraction of sp³-hybridized carbons (Fsp3) is 0.375. The molecule has 1 aliphatic heterocycles. The van der Waals surface area contributed by atoms with Crippen LogP contribution in [-0.4, -0.2) is 26.3 Å². The van der Waals surface area contributed by atoms with E-state index in [1.54, 1.807) is 0 Å². The van der Waals surface area contributed by atoms with Crippen LogP contribution in [0.25, 0.3) is 11.1 Å². The molecule has 0 amide bonds. The fourth-order valence-electron chi connectivity index (χ4n) is 4.27. The van der Waals surface area contributed by atoms with Gasteiger partial charge in [0.1, 0.15) is 6.10 Å². The minimum absolute atomic E-state index is 0.377. The normalized spacial score (nSPS) is 18.1. The Morgan fingerprint density at radius 2 is 1.93 bits per heavy atom. The summed E-state index contributed by atoms with van der Waals surface area (Å²) >= 11 is 0. The summed E-state index contributed by atoms with van der Waals surface area (Å²) in [5.74, 6) is 0.428. The maximum atomic E-state index is 10.4. The van der Waals surface area contributed by atoms with Gasteiger partial charge in [-0.25, -0.2) is 0 Å². The van der Waals surface area contributed by atoms with Gasteiger partial charge in [-0.3, -0.25) is 9.58 Å². The van der Waals surface area contributed by atoms with E-state index in [1.807, 2.05) is 0 Å². The number of aliphatic hydroxyl groups excluding tert-OH is 1. The van der Waals surface area contributed by atoms with Crippen molar-refractivity contribution < 1.29 is 5.11 Å². The Morgan fingerprint density at radius 1 is 1.07 bits per heavy atom. The molecule has 0 bridgehead atoms. The van der Waals surface area contributed by atoms with Gasteiger partial charge in [0.25, 0.3) is 0 Å². The van der Waals surface area contributed by atoms with Gasteiger partial charge in [-0.1, -0.05) is 42.5 Å². The van der Waals surface area contributed by atoms with E-state index in [0.29, 0.717) is 5.92 Å². The summed E-state index contributed by atoms with van der Waals surface area (Å²) in [6, 6.07) is 19.6. The lowest BCUT2D eigenvalue weighted by Gasteiger charge is -2.27. The molecule has 0 saturated heterocycles. The Balaban J connectivity index is 1.31. The highest BCUT2D eigenvalue weighted by atomic mass is 16.3. The van der Waals surface area contributed by atoms with Crippen LogP contribution in [0, 0.1) is 12.8 Å². The van der Waals surface area contributed by atoms with Crippen molar-refractivity contribution in [3.63, 3.8) is 0 Å². The van der Waals surface area contributed by atoms with Gasteiger partial charge in [0.2, 0.25) is 0 Å². The first-order chi connectivity index (χ1) is 13.7. The van der Waals surface area contributed by atoms with Gasteiger partial charge in [-0.15, -0.1) is 0 Å². The molecule has 2 heterocycles. The number of fused-ring (bicyclic) bond motifs is 1. The summed E-state index contributed by atoms with van der Waals surface area (Å²) in [5, 5.41) is 15.0. The summed E-state index contributed by atoms with van der Waals surface area (Å²) in [4.78, 5) is 2.47. The van der Waals surface area contributed by atoms with Crippen LogP contribution < -0.4 is 0 Å². The second-order valence-electron chi connectivity index (χ2n) is 8.29. The lowest BCUT2D eigenvalue weighted by atomic mass is 9.99. The first-order valence-electron chi connectivity index (χ1n) is 10.3. The van der Waals surface area contributed by atoms with Crippen LogP contribution in [0.2, 0.25) is 0 Å². The van der Waals surface area contributed by atoms with Crippen molar-refractivity contribution in [1.82, 2.24) is 14.7 Å². The summed E-state index contributed by atoms with van der Waals surface area (Å²) in [6.07, 6.45) is 1.89. The first kappa shape index (κ1) is 17.7. The Hall–Kier alpha value is -2.43. The molecule has 1 saturated carbocycles. The minimum Gasteiger partial charge on any atom is -0.386 e. The smallest absolute Gasteiger partial charge is 0.101 e. The van der Waals surface area contributed by atoms with E-state index in [1.165, 1.54) is 27.9 Å². The van der Waals surface area contributed by atoms with Crippen LogP contribution in [0.5, 0.6) is 0 Å². The monoisotopic (exact) mass is 373 g/mol. The predicted molar refractivity (Wildman–Crippen MR) is 111 cm³/mol. The number of hydrogen-bond acceptors (Lipinski definition) is 3. The van der Waals surface area contributed by atoms with Gasteiger partial charge in [0.15, 0.2) is 0 Å². The molecule has 1 fully saturated rings. The first-order valence-corrected chi connectivity index (χ1v) is 10.3. The molecule has 0 spiro atoms. The van der Waals surface area contributed by atoms with Gasteiger partial charge in [-0.2, -0.15) is 5.10 Å². The summed E-state index contributed by atoms with van der Waals surface area (Å²) in [5.41, 5.74) is 7.32. The molecule has 4 heteroatoms. The standard InChI is InChI=1S/C24H27N3O/c1-17-5-2-3-8-22(17)20-7-4-6-18(13-20)15-26-11-12-27-21(16-26)14-23(25-27)24(28)19-9-10-19/h2-8,13-14,19,24,28H,9-12,15-16H2,1H3. The fourth-order valence-corrected chi connectivity index (χ4v) is 4.27. The number of aromatic nitrogens is 2. The van der Waals surface area contributed by atoms with E-state index in [-0.39, 0.29) is 6.10 Å². The highest BCUT2D eigenvalue weighted by Crippen LogP contribution is 2.40. The zero-order valence-electron chi connectivity index (χ0n) is 16.4. The molecule has 0 radical (unpaired) electrons. The quantitative estimate of drug-likeness (QED) is 0.724. The number of nitrogens with zero attached hydrogens (tertiary/aromatic N) is 3. The van der Waals surface area contributed by atoms with Gasteiger partial charge < -0.3 is 5.11 Å². The zero-order valence-corrected chi connectivity index (χ0v) is 16.4. The van der Waals surface area contributed by atoms with E-state index in [4.69, 9.17) is 0 Å². The summed E-state index contributed by atoms with van der Waals surface area (Å²) in [6.45, 7) is 5.87. The molecule has 144 valence electrons. The van der Waals surface area contributed by atoms with Crippen molar-refractivity contribution in [3.8, 4) is 11.1 Å². The lowest BCUT2D eigenvalue weighted by molar-refractivity contribution is 0.147. The average Bonchev–Trinajstić information content (AvgIpc) is 3.47. The SMILES string of the molecule is Cc1ccccc1-c1cccc(CN2CCn3nc(C(O)C4CC4)cc3C2)c1. The number of hydrogen-bond donors (Lipinski definition) is 1. The molecule has 4 nitrogen and oxygen atoms in total. The van der Waals surface area contributed by atoms with Gasteiger partial charge in [-0.05, 0) is 60.1 Å². The van der Waals surface area contributed by atoms with E-state index < -0.39 is 0 Å². The number of rotatable bonds is 5. The maximum absolute atomic E-state index is 10.4. The minimum atomic E-state index is -0.377. The molecule has 1 unspecified atom stereocenters. The Labute approximate surface area is 166 Å². The largest absolute Gasteiger partial charge is 0.386 e. The molecule has 28 heavy (non-hydrogen) atoms. The molecular weight excluding hydrogens is 346 g/mol. The third kappa shape index (κ3) is 3.50. The third-order valence-electron chi connectivity index (χ3n) is 6.06. The molecule has 5 rings (SSSR count). The molecule has 3 aromatic rings. The molecule has 1 N–H and O–H groups in total. The maximum Gasteiger partial charge on any atom is 0.101 e. The van der Waals surface area contributed by atoms with E-state index >= 15 is 0 Å². The Kier molecular flexibility index (Phi) is 4.53. The summed E-state index contributed by atoms with van der Waals surface area (Å²) in [7, 11) is 0. The molecule has 2 aliphatic rings. The predicted octanol–water partition coefficient (Wildman–Crippen LogP) is 4.32. The Bertz CT molecular complexity index is 989. The number of aryl methyl sites for hydroxylation is 1. The Morgan fingerprint density at radius 3 is 2.75 bits per heavy atom. The highest BCUT2D eigenvalue weighted by Gasteiger charge is 2.33. The third-order valence-corrected chi connectivity index (χ3v) is 6.06. The lowest BCUT2D eigenvalue weighted by Crippen LogP contribution is -2.33. The van der Waals surface area contributed by atoms with Crippen LogP contribution in [-0.2, 0) is 19.6 Å². The average molecular weight is 374 g/mol.